The molecule has 2 unspecified atom stereocenters. The number of nitrogens with zero attached hydrogens (tertiary/aromatic N) is 2. The number of hydrogen-bond acceptors (Lipinski definition) is 4. The van der Waals surface area contributed by atoms with Gasteiger partial charge >= 0.3 is 6.18 Å². The summed E-state index contributed by atoms with van der Waals surface area (Å²) in [6, 6.07) is 2.54. The average Bonchev–Trinajstić information content (AvgIpc) is 2.33. The Morgan fingerprint density at radius 3 is 2.58 bits per heavy atom. The molecule has 0 bridgehead atoms. The minimum atomic E-state index is -4.40. The van der Waals surface area contributed by atoms with Gasteiger partial charge in [0.1, 0.15) is 5.69 Å². The molecule has 2 atom stereocenters. The molecule has 104 valence electrons. The maximum Gasteiger partial charge on any atom is 0.433 e. The Hall–Kier alpha value is -1.24. The molecule has 3 nitrogen and oxygen atoms in total. The van der Waals surface area contributed by atoms with E-state index in [9.17, 15) is 13.2 Å². The predicted octanol–water partition coefficient (Wildman–Crippen LogP) is 3.64. The largest absolute Gasteiger partial charge is 0.433 e. The number of nitrogens with one attached hydrogen (secondary N) is 1. The average molecular weight is 289 g/mol. The van der Waals surface area contributed by atoms with Gasteiger partial charge in [-0.2, -0.15) is 13.2 Å². The van der Waals surface area contributed by atoms with E-state index in [1.807, 2.05) is 6.92 Å². The molecule has 0 saturated carbocycles. The summed E-state index contributed by atoms with van der Waals surface area (Å²) in [6.07, 6.45) is -3.23. The molecule has 0 saturated heterocycles. The van der Waals surface area contributed by atoms with Crippen molar-refractivity contribution >= 4 is 22.6 Å². The van der Waals surface area contributed by atoms with Gasteiger partial charge in [-0.15, -0.1) is 0 Å². The van der Waals surface area contributed by atoms with Crippen molar-refractivity contribution in [3.63, 3.8) is 0 Å². The minimum Gasteiger partial charge on any atom is -0.334 e. The molecule has 0 aliphatic carbocycles. The molecule has 1 aliphatic heterocycles. The Bertz CT molecular complexity index is 470. The highest BCUT2D eigenvalue weighted by Crippen LogP contribution is 2.28. The fourth-order valence-electron chi connectivity index (χ4n) is 1.53. The van der Waals surface area contributed by atoms with E-state index in [0.717, 1.165) is 17.0 Å². The molecule has 1 aromatic heterocycles. The number of amidine groups is 1. The lowest BCUT2D eigenvalue weighted by molar-refractivity contribution is -0.141. The number of halogens is 3. The van der Waals surface area contributed by atoms with Crippen LogP contribution < -0.4 is 5.32 Å². The van der Waals surface area contributed by atoms with E-state index in [2.05, 4.69) is 22.2 Å². The first kappa shape index (κ1) is 14.2. The quantitative estimate of drug-likeness (QED) is 0.857. The van der Waals surface area contributed by atoms with Gasteiger partial charge in [-0.1, -0.05) is 18.7 Å². The number of aliphatic imine (C=N–C) groups is 1. The van der Waals surface area contributed by atoms with E-state index in [1.165, 1.54) is 12.3 Å². The second-order valence-corrected chi connectivity index (χ2v) is 5.53. The lowest BCUT2D eigenvalue weighted by atomic mass is 10.1. The van der Waals surface area contributed by atoms with Crippen LogP contribution in [0.4, 0.5) is 18.9 Å². The summed E-state index contributed by atoms with van der Waals surface area (Å²) in [5.74, 6) is 1.45. The normalized spacial score (nSPS) is 23.9. The molecule has 1 aliphatic rings. The van der Waals surface area contributed by atoms with Gasteiger partial charge in [-0.05, 0) is 25.0 Å². The highest BCUT2D eigenvalue weighted by atomic mass is 32.2. The molecule has 0 aromatic carbocycles. The van der Waals surface area contributed by atoms with Crippen molar-refractivity contribution in [3.05, 3.63) is 24.0 Å². The lowest BCUT2D eigenvalue weighted by Gasteiger charge is -2.23. The molecule has 2 rings (SSSR count). The van der Waals surface area contributed by atoms with Crippen LogP contribution >= 0.6 is 11.8 Å². The van der Waals surface area contributed by atoms with Crippen LogP contribution in [0.1, 0.15) is 19.5 Å². The van der Waals surface area contributed by atoms with Crippen molar-refractivity contribution in [1.29, 1.82) is 0 Å². The summed E-state index contributed by atoms with van der Waals surface area (Å²) >= 11 is 1.57. The van der Waals surface area contributed by atoms with Gasteiger partial charge in [0.25, 0.3) is 0 Å². The minimum absolute atomic E-state index is 0.214. The van der Waals surface area contributed by atoms with E-state index in [1.54, 1.807) is 11.8 Å². The van der Waals surface area contributed by atoms with Crippen LogP contribution in [0, 0.1) is 5.92 Å². The maximum absolute atomic E-state index is 12.4. The van der Waals surface area contributed by atoms with Gasteiger partial charge in [0.15, 0.2) is 5.17 Å². The van der Waals surface area contributed by atoms with Crippen LogP contribution in [0.3, 0.4) is 0 Å². The third-order valence-corrected chi connectivity index (χ3v) is 4.11. The van der Waals surface area contributed by atoms with Crippen molar-refractivity contribution in [2.75, 3.05) is 11.1 Å². The summed E-state index contributed by atoms with van der Waals surface area (Å²) in [5.41, 5.74) is -0.376. The predicted molar refractivity (Wildman–Crippen MR) is 71.4 cm³/mol. The van der Waals surface area contributed by atoms with Crippen LogP contribution in [-0.2, 0) is 6.18 Å². The van der Waals surface area contributed by atoms with Crippen molar-refractivity contribution in [2.24, 2.45) is 10.9 Å². The summed E-state index contributed by atoms with van der Waals surface area (Å²) < 4.78 is 37.1. The number of pyridine rings is 1. The summed E-state index contributed by atoms with van der Waals surface area (Å²) in [7, 11) is 0. The molecule has 1 aromatic rings. The molecule has 1 N–H and O–H groups in total. The number of aromatic nitrogens is 1. The zero-order chi connectivity index (χ0) is 14.0. The number of anilines is 1. The monoisotopic (exact) mass is 289 g/mol. The number of hydrogen-bond donors (Lipinski definition) is 1. The van der Waals surface area contributed by atoms with Gasteiger partial charge in [0, 0.05) is 5.75 Å². The highest BCUT2D eigenvalue weighted by molar-refractivity contribution is 8.14. The second kappa shape index (κ2) is 5.40. The Kier molecular flexibility index (Phi) is 4.03. The number of rotatable bonds is 1. The second-order valence-electron chi connectivity index (χ2n) is 4.52. The topological polar surface area (TPSA) is 37.3 Å². The first-order valence-corrected chi connectivity index (χ1v) is 6.85. The summed E-state index contributed by atoms with van der Waals surface area (Å²) in [4.78, 5) is 7.85. The smallest absolute Gasteiger partial charge is 0.334 e. The van der Waals surface area contributed by atoms with Crippen LogP contribution in [0.5, 0.6) is 0 Å². The van der Waals surface area contributed by atoms with Crippen LogP contribution in [0.15, 0.2) is 23.3 Å². The van der Waals surface area contributed by atoms with E-state index in [0.29, 0.717) is 11.6 Å². The zero-order valence-electron chi connectivity index (χ0n) is 10.5. The molecular weight excluding hydrogens is 275 g/mol. The third kappa shape index (κ3) is 3.62. The Morgan fingerprint density at radius 1 is 1.32 bits per heavy atom. The van der Waals surface area contributed by atoms with Crippen LogP contribution in [0.25, 0.3) is 0 Å². The maximum atomic E-state index is 12.4. The zero-order valence-corrected chi connectivity index (χ0v) is 11.3. The van der Waals surface area contributed by atoms with Gasteiger partial charge in [-0.3, -0.25) is 4.99 Å². The van der Waals surface area contributed by atoms with E-state index in [-0.39, 0.29) is 6.04 Å². The molecule has 0 radical (unpaired) electrons. The molecule has 0 fully saturated rings. The Morgan fingerprint density at radius 2 is 2.05 bits per heavy atom. The Labute approximate surface area is 113 Å². The molecular formula is C12H14F3N3S. The molecule has 2 heterocycles. The van der Waals surface area contributed by atoms with Crippen molar-refractivity contribution < 1.29 is 13.2 Å². The Balaban J connectivity index is 2.06. The third-order valence-electron chi connectivity index (χ3n) is 2.93. The fraction of sp³-hybridized carbons (Fsp3) is 0.500. The van der Waals surface area contributed by atoms with Crippen LogP contribution in [-0.4, -0.2) is 21.9 Å². The summed E-state index contributed by atoms with van der Waals surface area (Å²) in [6.45, 7) is 4.15. The van der Waals surface area contributed by atoms with Crippen molar-refractivity contribution in [1.82, 2.24) is 4.98 Å². The number of thioether (sulfide) groups is 1. The fourth-order valence-corrected chi connectivity index (χ4v) is 2.66. The first-order chi connectivity index (χ1) is 8.86. The lowest BCUT2D eigenvalue weighted by Crippen LogP contribution is -2.25. The van der Waals surface area contributed by atoms with Crippen molar-refractivity contribution in [2.45, 2.75) is 26.1 Å². The van der Waals surface area contributed by atoms with Gasteiger partial charge < -0.3 is 5.32 Å². The molecule has 7 heteroatoms. The van der Waals surface area contributed by atoms with Crippen molar-refractivity contribution in [3.8, 4) is 0 Å². The molecule has 0 amide bonds. The first-order valence-electron chi connectivity index (χ1n) is 5.87. The number of alkyl halides is 3. The van der Waals surface area contributed by atoms with Crippen LogP contribution in [0.2, 0.25) is 0 Å². The van der Waals surface area contributed by atoms with E-state index < -0.39 is 11.9 Å². The van der Waals surface area contributed by atoms with Gasteiger partial charge in [0.2, 0.25) is 0 Å². The SMILES string of the molecule is CC1CSC(Nc2ccc(C(F)(F)F)nc2)=NC1C. The van der Waals surface area contributed by atoms with E-state index in [4.69, 9.17) is 0 Å². The van der Waals surface area contributed by atoms with Gasteiger partial charge in [0.05, 0.1) is 17.9 Å². The standard InChI is InChI=1S/C12H14F3N3S/c1-7-6-19-11(17-8(7)2)18-9-3-4-10(16-5-9)12(13,14)15/h3-5,7-8H,6H2,1-2H3,(H,17,18). The van der Waals surface area contributed by atoms with Gasteiger partial charge in [-0.25, -0.2) is 4.98 Å². The van der Waals surface area contributed by atoms with E-state index >= 15 is 0 Å². The highest BCUT2D eigenvalue weighted by Gasteiger charge is 2.32. The summed E-state index contributed by atoms with van der Waals surface area (Å²) in [5, 5.41) is 3.72. The molecule has 0 spiro atoms. The molecule has 19 heavy (non-hydrogen) atoms.